The first-order valence-corrected chi connectivity index (χ1v) is 4.68. The van der Waals surface area contributed by atoms with Gasteiger partial charge >= 0.3 is 5.97 Å². The molecule has 5 heteroatoms. The van der Waals surface area contributed by atoms with Gasteiger partial charge in [0.05, 0.1) is 14.2 Å². The Bertz CT molecular complexity index is 313. The van der Waals surface area contributed by atoms with Gasteiger partial charge in [-0.15, -0.1) is 0 Å². The van der Waals surface area contributed by atoms with Crippen LogP contribution in [0.3, 0.4) is 0 Å². The number of benzene rings is 1. The van der Waals surface area contributed by atoms with E-state index in [4.69, 9.17) is 14.6 Å². The van der Waals surface area contributed by atoms with Gasteiger partial charge in [0.1, 0.15) is 0 Å². The number of phenolic OH excluding ortho intramolecular Hbond substituents is 1. The number of hydrogen-bond acceptors (Lipinski definition) is 4. The van der Waals surface area contributed by atoms with Crippen LogP contribution in [-0.2, 0) is 4.79 Å². The van der Waals surface area contributed by atoms with Crippen LogP contribution in [0.1, 0.15) is 13.3 Å². The summed E-state index contributed by atoms with van der Waals surface area (Å²) < 4.78 is 9.71. The minimum Gasteiger partial charge on any atom is -0.502 e. The predicted octanol–water partition coefficient (Wildman–Crippen LogP) is 1.89. The molecular weight excluding hydrogens is 212 g/mol. The number of aliphatic carboxylic acids is 1. The Kier molecular flexibility index (Phi) is 6.51. The van der Waals surface area contributed by atoms with Crippen molar-refractivity contribution in [2.45, 2.75) is 13.3 Å². The normalized spacial score (nSPS) is 8.69. The molecule has 5 nitrogen and oxygen atoms in total. The molecule has 0 spiro atoms. The molecule has 0 fully saturated rings. The molecule has 0 saturated carbocycles. The number of carboxylic acids is 1. The summed E-state index contributed by atoms with van der Waals surface area (Å²) in [6.07, 6.45) is 0.222. The summed E-state index contributed by atoms with van der Waals surface area (Å²) >= 11 is 0. The molecule has 1 aromatic rings. The quantitative estimate of drug-likeness (QED) is 0.826. The van der Waals surface area contributed by atoms with Crippen molar-refractivity contribution in [2.24, 2.45) is 0 Å². The molecule has 90 valence electrons. The number of hydrogen-bond donors (Lipinski definition) is 2. The summed E-state index contributed by atoms with van der Waals surface area (Å²) in [6.45, 7) is 1.60. The first-order chi connectivity index (χ1) is 7.56. The summed E-state index contributed by atoms with van der Waals surface area (Å²) in [5.41, 5.74) is 0. The molecule has 1 aromatic carbocycles. The molecule has 0 radical (unpaired) electrons. The number of methoxy groups -OCH3 is 2. The van der Waals surface area contributed by atoms with Crippen molar-refractivity contribution in [1.82, 2.24) is 0 Å². The molecule has 0 aromatic heterocycles. The zero-order chi connectivity index (χ0) is 12.6. The highest BCUT2D eigenvalue weighted by Crippen LogP contribution is 2.34. The number of ether oxygens (including phenoxy) is 2. The topological polar surface area (TPSA) is 76.0 Å². The number of aromatic hydroxyl groups is 1. The lowest BCUT2D eigenvalue weighted by atomic mass is 10.3. The van der Waals surface area contributed by atoms with Gasteiger partial charge < -0.3 is 19.7 Å². The number of rotatable bonds is 3. The van der Waals surface area contributed by atoms with Crippen molar-refractivity contribution in [3.05, 3.63) is 18.2 Å². The average molecular weight is 228 g/mol. The summed E-state index contributed by atoms with van der Waals surface area (Å²) in [5, 5.41) is 17.1. The van der Waals surface area contributed by atoms with Crippen LogP contribution in [0.25, 0.3) is 0 Å². The maximum atomic E-state index is 9.37. The largest absolute Gasteiger partial charge is 0.502 e. The number of para-hydroxylation sites is 1. The highest BCUT2D eigenvalue weighted by Gasteiger charge is 2.05. The molecule has 16 heavy (non-hydrogen) atoms. The lowest BCUT2D eigenvalue weighted by Gasteiger charge is -2.06. The molecule has 0 saturated heterocycles. The van der Waals surface area contributed by atoms with E-state index >= 15 is 0 Å². The molecule has 0 bridgehead atoms. The van der Waals surface area contributed by atoms with Crippen LogP contribution in [0.15, 0.2) is 18.2 Å². The third-order valence-electron chi connectivity index (χ3n) is 1.70. The number of carboxylic acid groups (broad SMARTS) is 1. The van der Waals surface area contributed by atoms with Crippen molar-refractivity contribution < 1.29 is 24.5 Å². The predicted molar refractivity (Wildman–Crippen MR) is 59.1 cm³/mol. The van der Waals surface area contributed by atoms with E-state index in [1.807, 2.05) is 0 Å². The molecule has 0 heterocycles. The van der Waals surface area contributed by atoms with Gasteiger partial charge in [0.15, 0.2) is 11.5 Å². The van der Waals surface area contributed by atoms with E-state index < -0.39 is 5.97 Å². The summed E-state index contributed by atoms with van der Waals surface area (Å²) in [5.74, 6) is 0.135. The van der Waals surface area contributed by atoms with Gasteiger partial charge in [-0.2, -0.15) is 0 Å². The summed E-state index contributed by atoms with van der Waals surface area (Å²) in [7, 11) is 2.99. The van der Waals surface area contributed by atoms with E-state index in [1.165, 1.54) is 14.2 Å². The molecule has 0 aliphatic carbocycles. The third-order valence-corrected chi connectivity index (χ3v) is 1.70. The molecule has 0 amide bonds. The van der Waals surface area contributed by atoms with E-state index in [-0.39, 0.29) is 12.2 Å². The Morgan fingerprint density at radius 1 is 1.25 bits per heavy atom. The lowest BCUT2D eigenvalue weighted by Crippen LogP contribution is -1.87. The Morgan fingerprint density at radius 3 is 1.88 bits per heavy atom. The van der Waals surface area contributed by atoms with E-state index in [1.54, 1.807) is 25.1 Å². The average Bonchev–Trinajstić information content (AvgIpc) is 2.30. The second-order valence-electron chi connectivity index (χ2n) is 2.76. The van der Waals surface area contributed by atoms with Crippen molar-refractivity contribution in [3.8, 4) is 17.2 Å². The van der Waals surface area contributed by atoms with E-state index in [0.29, 0.717) is 11.5 Å². The first-order valence-electron chi connectivity index (χ1n) is 4.68. The first kappa shape index (κ1) is 14.1. The summed E-state index contributed by atoms with van der Waals surface area (Å²) in [4.78, 5) is 9.37. The van der Waals surface area contributed by atoms with Gasteiger partial charge in [0.25, 0.3) is 0 Å². The Hall–Kier alpha value is -1.91. The van der Waals surface area contributed by atoms with E-state index in [2.05, 4.69) is 0 Å². The monoisotopic (exact) mass is 228 g/mol. The second-order valence-corrected chi connectivity index (χ2v) is 2.76. The van der Waals surface area contributed by atoms with Gasteiger partial charge in [-0.3, -0.25) is 4.79 Å². The molecule has 0 aliphatic rings. The number of carbonyl (C=O) groups is 1. The van der Waals surface area contributed by atoms with Gasteiger partial charge in [-0.25, -0.2) is 0 Å². The minimum atomic E-state index is -0.745. The van der Waals surface area contributed by atoms with Crippen molar-refractivity contribution in [2.75, 3.05) is 14.2 Å². The lowest BCUT2D eigenvalue weighted by molar-refractivity contribution is -0.136. The summed E-state index contributed by atoms with van der Waals surface area (Å²) in [6, 6.07) is 5.08. The van der Waals surface area contributed by atoms with Crippen molar-refractivity contribution in [1.29, 1.82) is 0 Å². The van der Waals surface area contributed by atoms with Gasteiger partial charge in [-0.1, -0.05) is 13.0 Å². The standard InChI is InChI=1S/C8H10O3.C3H6O2/c1-10-6-4-3-5-7(11-2)8(6)9;1-2-3(4)5/h3-5,9H,1-2H3;2H2,1H3,(H,4,5). The smallest absolute Gasteiger partial charge is 0.303 e. The van der Waals surface area contributed by atoms with Crippen molar-refractivity contribution >= 4 is 5.97 Å². The third kappa shape index (κ3) is 4.54. The molecular formula is C11H16O5. The molecule has 2 N–H and O–H groups in total. The Labute approximate surface area is 94.2 Å². The van der Waals surface area contributed by atoms with Crippen LogP contribution >= 0.6 is 0 Å². The van der Waals surface area contributed by atoms with E-state index in [0.717, 1.165) is 0 Å². The van der Waals surface area contributed by atoms with Crippen LogP contribution in [-0.4, -0.2) is 30.4 Å². The van der Waals surface area contributed by atoms with Gasteiger partial charge in [0, 0.05) is 6.42 Å². The fourth-order valence-electron chi connectivity index (χ4n) is 0.832. The van der Waals surface area contributed by atoms with Crippen LogP contribution in [0.4, 0.5) is 0 Å². The number of phenols is 1. The highest BCUT2D eigenvalue weighted by atomic mass is 16.5. The van der Waals surface area contributed by atoms with Crippen LogP contribution in [0.2, 0.25) is 0 Å². The van der Waals surface area contributed by atoms with E-state index in [9.17, 15) is 9.90 Å². The second kappa shape index (κ2) is 7.39. The molecule has 0 atom stereocenters. The zero-order valence-corrected chi connectivity index (χ0v) is 9.56. The highest BCUT2D eigenvalue weighted by molar-refractivity contribution is 5.66. The molecule has 1 rings (SSSR count). The molecule has 0 aliphatic heterocycles. The molecule has 0 unspecified atom stereocenters. The zero-order valence-electron chi connectivity index (χ0n) is 9.56. The fourth-order valence-corrected chi connectivity index (χ4v) is 0.832. The van der Waals surface area contributed by atoms with Crippen LogP contribution < -0.4 is 9.47 Å². The fraction of sp³-hybridized carbons (Fsp3) is 0.364. The maximum Gasteiger partial charge on any atom is 0.303 e. The van der Waals surface area contributed by atoms with Crippen LogP contribution in [0, 0.1) is 0 Å². The maximum absolute atomic E-state index is 9.37. The van der Waals surface area contributed by atoms with Gasteiger partial charge in [0.2, 0.25) is 5.75 Å². The SMILES string of the molecule is CCC(=O)O.COc1cccc(OC)c1O. The Morgan fingerprint density at radius 2 is 1.62 bits per heavy atom. The van der Waals surface area contributed by atoms with Crippen LogP contribution in [0.5, 0.6) is 17.2 Å². The Balaban J connectivity index is 0.000000385. The van der Waals surface area contributed by atoms with Crippen molar-refractivity contribution in [3.63, 3.8) is 0 Å². The van der Waals surface area contributed by atoms with Gasteiger partial charge in [-0.05, 0) is 12.1 Å². The minimum absolute atomic E-state index is 0.0394.